The molecule has 1 atom stereocenters. The van der Waals surface area contributed by atoms with Crippen molar-refractivity contribution in [2.45, 2.75) is 46.2 Å². The van der Waals surface area contributed by atoms with Crippen LogP contribution in [-0.4, -0.2) is 48.9 Å². The van der Waals surface area contributed by atoms with Crippen molar-refractivity contribution in [3.63, 3.8) is 0 Å². The standard InChI is InChI=1S/C21H25N5O2.CH2O2/c1-13(2)17-12-16(24-28-17)21(27)25-10-11-26-20(18(25)14(3)4)22-19(23-26)15-8-6-5-7-9-15;2-1-3/h5-9,12-14,18H,10-11H2,1-4H3;1H,(H,2,3)/t18-;/m0./s1. The van der Waals surface area contributed by atoms with Gasteiger partial charge in [0.1, 0.15) is 5.76 Å². The maximum Gasteiger partial charge on any atom is 0.290 e. The summed E-state index contributed by atoms with van der Waals surface area (Å²) in [4.78, 5) is 28.2. The van der Waals surface area contributed by atoms with Crippen LogP contribution in [0, 0.1) is 5.92 Å². The molecule has 1 aromatic carbocycles. The molecule has 4 rings (SSSR count). The molecule has 9 heteroatoms. The van der Waals surface area contributed by atoms with E-state index in [1.54, 1.807) is 6.07 Å². The summed E-state index contributed by atoms with van der Waals surface area (Å²) in [5.74, 6) is 2.49. The monoisotopic (exact) mass is 425 g/mol. The van der Waals surface area contributed by atoms with E-state index < -0.39 is 0 Å². The maximum atomic E-state index is 13.2. The van der Waals surface area contributed by atoms with Gasteiger partial charge in [-0.15, -0.1) is 0 Å². The third-order valence-corrected chi connectivity index (χ3v) is 5.09. The van der Waals surface area contributed by atoms with Gasteiger partial charge < -0.3 is 14.5 Å². The Bertz CT molecular complexity index is 1030. The van der Waals surface area contributed by atoms with Gasteiger partial charge in [-0.2, -0.15) is 5.10 Å². The van der Waals surface area contributed by atoms with E-state index >= 15 is 0 Å². The second kappa shape index (κ2) is 9.55. The van der Waals surface area contributed by atoms with E-state index in [-0.39, 0.29) is 30.3 Å². The molecule has 1 aliphatic rings. The van der Waals surface area contributed by atoms with Crippen LogP contribution in [0.25, 0.3) is 11.4 Å². The summed E-state index contributed by atoms with van der Waals surface area (Å²) < 4.78 is 7.26. The predicted molar refractivity (Wildman–Crippen MR) is 113 cm³/mol. The molecule has 164 valence electrons. The number of benzene rings is 1. The van der Waals surface area contributed by atoms with E-state index in [2.05, 4.69) is 24.1 Å². The Labute approximate surface area is 180 Å². The fourth-order valence-electron chi connectivity index (χ4n) is 3.62. The molecule has 0 aliphatic carbocycles. The van der Waals surface area contributed by atoms with Crippen molar-refractivity contribution in [3.05, 3.63) is 53.7 Å². The topological polar surface area (TPSA) is 114 Å². The predicted octanol–water partition coefficient (Wildman–Crippen LogP) is 3.61. The summed E-state index contributed by atoms with van der Waals surface area (Å²) in [6.07, 6.45) is 0. The van der Waals surface area contributed by atoms with Crippen LogP contribution in [0.3, 0.4) is 0 Å². The summed E-state index contributed by atoms with van der Waals surface area (Å²) in [5.41, 5.74) is 1.33. The van der Waals surface area contributed by atoms with Gasteiger partial charge in [-0.25, -0.2) is 9.67 Å². The molecule has 9 nitrogen and oxygen atoms in total. The van der Waals surface area contributed by atoms with Gasteiger partial charge in [-0.05, 0) is 5.92 Å². The summed E-state index contributed by atoms with van der Waals surface area (Å²) in [6, 6.07) is 11.5. The van der Waals surface area contributed by atoms with Crippen molar-refractivity contribution in [3.8, 4) is 11.4 Å². The molecule has 31 heavy (non-hydrogen) atoms. The van der Waals surface area contributed by atoms with E-state index in [1.165, 1.54) is 0 Å². The van der Waals surface area contributed by atoms with E-state index in [0.29, 0.717) is 24.6 Å². The molecule has 3 heterocycles. The Morgan fingerprint density at radius 1 is 1.19 bits per heavy atom. The van der Waals surface area contributed by atoms with Crippen molar-refractivity contribution < 1.29 is 19.2 Å². The summed E-state index contributed by atoms with van der Waals surface area (Å²) in [6.45, 7) is 9.15. The molecular formula is C22H27N5O4. The molecule has 3 aromatic rings. The van der Waals surface area contributed by atoms with Crippen LogP contribution < -0.4 is 0 Å². The first kappa shape index (κ1) is 22.2. The van der Waals surface area contributed by atoms with Crippen molar-refractivity contribution in [1.82, 2.24) is 24.8 Å². The van der Waals surface area contributed by atoms with Gasteiger partial charge in [0.15, 0.2) is 17.3 Å². The van der Waals surface area contributed by atoms with Crippen LogP contribution in [0.2, 0.25) is 0 Å². The van der Waals surface area contributed by atoms with Gasteiger partial charge >= 0.3 is 0 Å². The average Bonchev–Trinajstić information content (AvgIpc) is 3.41. The number of rotatable bonds is 4. The number of fused-ring (bicyclic) bond motifs is 1. The third kappa shape index (κ3) is 4.65. The highest BCUT2D eigenvalue weighted by Crippen LogP contribution is 2.33. The number of hydrogen-bond acceptors (Lipinski definition) is 6. The van der Waals surface area contributed by atoms with Crippen molar-refractivity contribution in [2.24, 2.45) is 5.92 Å². The zero-order valence-electron chi connectivity index (χ0n) is 18.1. The summed E-state index contributed by atoms with van der Waals surface area (Å²) in [5, 5.41) is 15.6. The molecule has 0 saturated carbocycles. The minimum Gasteiger partial charge on any atom is -0.483 e. The maximum absolute atomic E-state index is 13.2. The van der Waals surface area contributed by atoms with Crippen LogP contribution in [0.5, 0.6) is 0 Å². The normalized spacial score (nSPS) is 15.4. The summed E-state index contributed by atoms with van der Waals surface area (Å²) in [7, 11) is 0. The molecular weight excluding hydrogens is 398 g/mol. The van der Waals surface area contributed by atoms with Crippen molar-refractivity contribution in [1.29, 1.82) is 0 Å². The highest BCUT2D eigenvalue weighted by atomic mass is 16.5. The van der Waals surface area contributed by atoms with Crippen LogP contribution in [0.4, 0.5) is 0 Å². The summed E-state index contributed by atoms with van der Waals surface area (Å²) >= 11 is 0. The van der Waals surface area contributed by atoms with Crippen LogP contribution >= 0.6 is 0 Å². The lowest BCUT2D eigenvalue weighted by Gasteiger charge is -2.36. The smallest absolute Gasteiger partial charge is 0.290 e. The molecule has 1 amide bonds. The molecule has 1 N–H and O–H groups in total. The molecule has 2 aromatic heterocycles. The van der Waals surface area contributed by atoms with Crippen LogP contribution in [-0.2, 0) is 11.3 Å². The molecule has 0 radical (unpaired) electrons. The van der Waals surface area contributed by atoms with Gasteiger partial charge in [0, 0.05) is 24.1 Å². The molecule has 1 aliphatic heterocycles. The second-order valence-corrected chi connectivity index (χ2v) is 7.94. The zero-order valence-corrected chi connectivity index (χ0v) is 18.1. The lowest BCUT2D eigenvalue weighted by Crippen LogP contribution is -2.44. The van der Waals surface area contributed by atoms with Gasteiger partial charge in [0.25, 0.3) is 12.4 Å². The van der Waals surface area contributed by atoms with Crippen LogP contribution in [0.15, 0.2) is 40.9 Å². The lowest BCUT2D eigenvalue weighted by molar-refractivity contribution is -0.122. The number of nitrogens with zero attached hydrogens (tertiary/aromatic N) is 5. The first-order chi connectivity index (χ1) is 14.9. The van der Waals surface area contributed by atoms with Gasteiger partial charge in [-0.1, -0.05) is 63.2 Å². The zero-order chi connectivity index (χ0) is 22.5. The second-order valence-electron chi connectivity index (χ2n) is 7.94. The molecule has 0 saturated heterocycles. The fraction of sp³-hybridized carbons (Fsp3) is 0.409. The Kier molecular flexibility index (Phi) is 6.84. The largest absolute Gasteiger partial charge is 0.483 e. The number of carbonyl (C=O) groups excluding carboxylic acids is 1. The molecule has 0 unspecified atom stereocenters. The average molecular weight is 425 g/mol. The number of hydrogen-bond donors (Lipinski definition) is 1. The Balaban J connectivity index is 0.000000858. The van der Waals surface area contributed by atoms with Gasteiger partial charge in [0.05, 0.1) is 12.6 Å². The van der Waals surface area contributed by atoms with E-state index in [1.807, 2.05) is 53.8 Å². The quantitative estimate of drug-likeness (QED) is 0.635. The Morgan fingerprint density at radius 2 is 1.87 bits per heavy atom. The Hall–Kier alpha value is -3.49. The molecule has 0 spiro atoms. The Morgan fingerprint density at radius 3 is 2.45 bits per heavy atom. The minimum absolute atomic E-state index is 0.120. The molecule has 0 fully saturated rings. The number of amides is 1. The van der Waals surface area contributed by atoms with E-state index in [4.69, 9.17) is 19.4 Å². The van der Waals surface area contributed by atoms with Gasteiger partial charge in [-0.3, -0.25) is 9.59 Å². The lowest BCUT2D eigenvalue weighted by atomic mass is 9.99. The first-order valence-corrected chi connectivity index (χ1v) is 10.2. The highest BCUT2D eigenvalue weighted by molar-refractivity contribution is 5.92. The third-order valence-electron chi connectivity index (χ3n) is 5.09. The van der Waals surface area contributed by atoms with E-state index in [9.17, 15) is 4.79 Å². The van der Waals surface area contributed by atoms with Crippen LogP contribution in [0.1, 0.15) is 61.7 Å². The first-order valence-electron chi connectivity index (χ1n) is 10.2. The molecule has 0 bridgehead atoms. The number of carboxylic acid groups (broad SMARTS) is 1. The van der Waals surface area contributed by atoms with E-state index in [0.717, 1.165) is 17.1 Å². The number of carbonyl (C=O) groups is 2. The fourth-order valence-corrected chi connectivity index (χ4v) is 3.62. The number of aromatic nitrogens is 4. The van der Waals surface area contributed by atoms with Crippen molar-refractivity contribution in [2.75, 3.05) is 6.54 Å². The highest BCUT2D eigenvalue weighted by Gasteiger charge is 2.37. The SMILES string of the molecule is CC(C)c1cc(C(=O)N2CCn3nc(-c4ccccc4)nc3[C@@H]2C(C)C)no1.O=CO. The van der Waals surface area contributed by atoms with Crippen molar-refractivity contribution >= 4 is 12.4 Å². The minimum atomic E-state index is -0.250. The van der Waals surface area contributed by atoms with Gasteiger partial charge in [0.2, 0.25) is 0 Å².